The highest BCUT2D eigenvalue weighted by Crippen LogP contribution is 2.43. The third-order valence-corrected chi connectivity index (χ3v) is 5.48. The summed E-state index contributed by atoms with van der Waals surface area (Å²) in [5.74, 6) is 1.06. The van der Waals surface area contributed by atoms with Crippen LogP contribution in [0, 0.1) is 6.92 Å². The average molecular weight is 371 g/mol. The fourth-order valence-electron chi connectivity index (χ4n) is 4.18. The highest BCUT2D eigenvalue weighted by molar-refractivity contribution is 7.31. The lowest BCUT2D eigenvalue weighted by Crippen LogP contribution is -2.20. The zero-order chi connectivity index (χ0) is 19.3. The van der Waals surface area contributed by atoms with E-state index < -0.39 is 0 Å². The summed E-state index contributed by atoms with van der Waals surface area (Å²) >= 11 is 0. The number of benzene rings is 1. The molecule has 0 N–H and O–H groups in total. The van der Waals surface area contributed by atoms with E-state index in [2.05, 4.69) is 66.1 Å². The van der Waals surface area contributed by atoms with E-state index in [4.69, 9.17) is 4.52 Å². The zero-order valence-corrected chi connectivity index (χ0v) is 18.5. The molecule has 0 saturated heterocycles. The van der Waals surface area contributed by atoms with Crippen LogP contribution in [-0.4, -0.2) is 6.66 Å². The van der Waals surface area contributed by atoms with Gasteiger partial charge in [-0.3, -0.25) is 0 Å². The molecule has 2 rings (SSSR count). The lowest BCUT2D eigenvalue weighted by atomic mass is 9.75. The van der Waals surface area contributed by atoms with E-state index in [0.29, 0.717) is 8.81 Å². The molecule has 0 bridgehead atoms. The zero-order valence-electron chi connectivity index (χ0n) is 17.5. The molecule has 1 nitrogen and oxygen atoms in total. The Morgan fingerprint density at radius 1 is 1.23 bits per heavy atom. The molecule has 0 aliphatic heterocycles. The maximum Gasteiger partial charge on any atom is 0.134 e. The van der Waals surface area contributed by atoms with Gasteiger partial charge in [0, 0.05) is 17.5 Å². The van der Waals surface area contributed by atoms with E-state index in [-0.39, 0.29) is 5.41 Å². The standard InChI is InChI=1S/C24H35OP/c1-8-13-20-21(16-18-14-11-10-12-15-18)23(25-26-7)19(9-2)17(3)22(20)24(4,5)6/h9,11,14-15,26H,2,8,10,12-13,16H2,1,3-7H3. The Morgan fingerprint density at radius 3 is 2.46 bits per heavy atom. The van der Waals surface area contributed by atoms with Crippen molar-refractivity contribution in [3.63, 3.8) is 0 Å². The van der Waals surface area contributed by atoms with E-state index in [1.807, 2.05) is 6.08 Å². The molecule has 1 aromatic rings. The second-order valence-corrected chi connectivity index (χ2v) is 8.76. The van der Waals surface area contributed by atoms with Crippen molar-refractivity contribution >= 4 is 14.9 Å². The minimum Gasteiger partial charge on any atom is -0.477 e. The van der Waals surface area contributed by atoms with Crippen LogP contribution in [0.2, 0.25) is 0 Å². The van der Waals surface area contributed by atoms with Crippen LogP contribution in [0.4, 0.5) is 0 Å². The van der Waals surface area contributed by atoms with E-state index in [0.717, 1.165) is 37.9 Å². The Bertz CT molecular complexity index is 717. The van der Waals surface area contributed by atoms with Crippen molar-refractivity contribution in [1.29, 1.82) is 0 Å². The largest absolute Gasteiger partial charge is 0.477 e. The van der Waals surface area contributed by atoms with Crippen LogP contribution in [0.3, 0.4) is 0 Å². The summed E-state index contributed by atoms with van der Waals surface area (Å²) in [4.78, 5) is 0. The number of hydrogen-bond acceptors (Lipinski definition) is 1. The van der Waals surface area contributed by atoms with E-state index in [9.17, 15) is 0 Å². The summed E-state index contributed by atoms with van der Waals surface area (Å²) in [6.45, 7) is 17.7. The number of allylic oxidation sites excluding steroid dienone is 4. The van der Waals surface area contributed by atoms with Gasteiger partial charge in [0.2, 0.25) is 0 Å². The summed E-state index contributed by atoms with van der Waals surface area (Å²) in [6.07, 6.45) is 14.5. The Morgan fingerprint density at radius 2 is 1.96 bits per heavy atom. The lowest BCUT2D eigenvalue weighted by molar-refractivity contribution is 0.566. The van der Waals surface area contributed by atoms with Crippen LogP contribution < -0.4 is 4.52 Å². The van der Waals surface area contributed by atoms with E-state index in [1.165, 1.54) is 33.4 Å². The second kappa shape index (κ2) is 9.05. The van der Waals surface area contributed by atoms with Crippen LogP contribution in [0.15, 0.2) is 30.4 Å². The minimum absolute atomic E-state index is 0.102. The molecule has 1 aliphatic rings. The molecular formula is C24H35OP. The first-order valence-electron chi connectivity index (χ1n) is 9.85. The van der Waals surface area contributed by atoms with Crippen molar-refractivity contribution < 1.29 is 4.52 Å². The highest BCUT2D eigenvalue weighted by Gasteiger charge is 2.28. The number of rotatable bonds is 7. The predicted molar refractivity (Wildman–Crippen MR) is 119 cm³/mol. The van der Waals surface area contributed by atoms with Gasteiger partial charge in [0.1, 0.15) is 5.75 Å². The summed E-state index contributed by atoms with van der Waals surface area (Å²) < 4.78 is 6.24. The van der Waals surface area contributed by atoms with Gasteiger partial charge < -0.3 is 4.52 Å². The van der Waals surface area contributed by atoms with Gasteiger partial charge in [-0.05, 0) is 60.5 Å². The molecule has 1 aromatic carbocycles. The molecule has 142 valence electrons. The van der Waals surface area contributed by atoms with Gasteiger partial charge in [0.05, 0.1) is 8.81 Å². The van der Waals surface area contributed by atoms with Crippen molar-refractivity contribution in [3.8, 4) is 5.75 Å². The van der Waals surface area contributed by atoms with Crippen molar-refractivity contribution in [2.24, 2.45) is 0 Å². The monoisotopic (exact) mass is 370 g/mol. The van der Waals surface area contributed by atoms with Gasteiger partial charge >= 0.3 is 0 Å². The maximum absolute atomic E-state index is 6.24. The van der Waals surface area contributed by atoms with E-state index in [1.54, 1.807) is 0 Å². The fraction of sp³-hybridized carbons (Fsp3) is 0.500. The van der Waals surface area contributed by atoms with Gasteiger partial charge in [-0.2, -0.15) is 0 Å². The maximum atomic E-state index is 6.24. The van der Waals surface area contributed by atoms with Crippen LogP contribution in [0.5, 0.6) is 5.75 Å². The molecule has 2 heteroatoms. The lowest BCUT2D eigenvalue weighted by Gasteiger charge is -2.31. The van der Waals surface area contributed by atoms with Crippen LogP contribution in [-0.2, 0) is 18.3 Å². The summed E-state index contributed by atoms with van der Waals surface area (Å²) in [5.41, 5.74) is 8.39. The first-order chi connectivity index (χ1) is 12.3. The van der Waals surface area contributed by atoms with Gasteiger partial charge in [-0.15, -0.1) is 0 Å². The molecule has 1 atom stereocenters. The van der Waals surface area contributed by atoms with E-state index >= 15 is 0 Å². The molecule has 0 spiro atoms. The topological polar surface area (TPSA) is 9.23 Å². The molecule has 1 aliphatic carbocycles. The van der Waals surface area contributed by atoms with Crippen molar-refractivity contribution in [1.82, 2.24) is 0 Å². The predicted octanol–water partition coefficient (Wildman–Crippen LogP) is 7.31. The smallest absolute Gasteiger partial charge is 0.134 e. The molecular weight excluding hydrogens is 335 g/mol. The normalized spacial score (nSPS) is 14.8. The van der Waals surface area contributed by atoms with Crippen LogP contribution in [0.1, 0.15) is 74.8 Å². The summed E-state index contributed by atoms with van der Waals surface area (Å²) in [5, 5.41) is 0. The molecule has 0 amide bonds. The summed E-state index contributed by atoms with van der Waals surface area (Å²) in [6, 6.07) is 0. The molecule has 0 fully saturated rings. The van der Waals surface area contributed by atoms with Crippen LogP contribution >= 0.6 is 8.81 Å². The quantitative estimate of drug-likeness (QED) is 0.457. The SMILES string of the molecule is C=Cc1c(C)c(C(C)(C)C)c(CCC)c(CC2=CCCC=C2)c1OPC. The molecule has 0 radical (unpaired) electrons. The van der Waals surface area contributed by atoms with Gasteiger partial charge in [-0.25, -0.2) is 0 Å². The van der Waals surface area contributed by atoms with Gasteiger partial charge in [-0.1, -0.05) is 65.0 Å². The molecule has 26 heavy (non-hydrogen) atoms. The molecule has 0 heterocycles. The molecule has 1 unspecified atom stereocenters. The Labute approximate surface area is 162 Å². The van der Waals surface area contributed by atoms with Gasteiger partial charge in [0.25, 0.3) is 0 Å². The molecule has 0 aromatic heterocycles. The Balaban J connectivity index is 2.79. The highest BCUT2D eigenvalue weighted by atomic mass is 31.1. The third-order valence-electron chi connectivity index (χ3n) is 5.07. The van der Waals surface area contributed by atoms with Gasteiger partial charge in [0.15, 0.2) is 0 Å². The van der Waals surface area contributed by atoms with Crippen LogP contribution in [0.25, 0.3) is 6.08 Å². The Kier molecular flexibility index (Phi) is 7.30. The third kappa shape index (κ3) is 4.49. The van der Waals surface area contributed by atoms with Crippen molar-refractivity contribution in [3.05, 3.63) is 58.2 Å². The first kappa shape index (κ1) is 21.0. The summed E-state index contributed by atoms with van der Waals surface area (Å²) in [7, 11) is 0.436. The first-order valence-corrected chi connectivity index (χ1v) is 11.3. The molecule has 0 saturated carbocycles. The van der Waals surface area contributed by atoms with Crippen molar-refractivity contribution in [2.75, 3.05) is 6.66 Å². The van der Waals surface area contributed by atoms with Crippen molar-refractivity contribution in [2.45, 2.75) is 72.1 Å². The number of hydrogen-bond donors (Lipinski definition) is 0. The minimum atomic E-state index is 0.102. The Hall–Kier alpha value is -1.33. The fourth-order valence-corrected chi connectivity index (χ4v) is 4.61. The average Bonchev–Trinajstić information content (AvgIpc) is 2.58. The second-order valence-electron chi connectivity index (χ2n) is 8.15.